The lowest BCUT2D eigenvalue weighted by molar-refractivity contribution is -0.385. The molecule has 0 fully saturated rings. The second-order valence-electron chi connectivity index (χ2n) is 3.58. The van der Waals surface area contributed by atoms with Gasteiger partial charge in [-0.15, -0.1) is 0 Å². The van der Waals surface area contributed by atoms with Crippen LogP contribution in [-0.4, -0.2) is 25.6 Å². The van der Waals surface area contributed by atoms with Crippen LogP contribution < -0.4 is 5.32 Å². The average molecular weight is 282 g/mol. The van der Waals surface area contributed by atoms with Crippen molar-refractivity contribution < 1.29 is 9.72 Å². The van der Waals surface area contributed by atoms with Crippen LogP contribution in [0.3, 0.4) is 0 Å². The number of amides is 1. The van der Waals surface area contributed by atoms with Crippen LogP contribution in [0.25, 0.3) is 0 Å². The first-order chi connectivity index (χ1) is 8.99. The van der Waals surface area contributed by atoms with Crippen LogP contribution in [0.15, 0.2) is 24.5 Å². The molecule has 0 atom stereocenters. The highest BCUT2D eigenvalue weighted by Crippen LogP contribution is 2.21. The van der Waals surface area contributed by atoms with Gasteiger partial charge in [0, 0.05) is 13.1 Å². The Kier molecular flexibility index (Phi) is 3.43. The fourth-order valence-electron chi connectivity index (χ4n) is 1.43. The van der Waals surface area contributed by atoms with Crippen LogP contribution in [0.2, 0.25) is 5.15 Å². The predicted molar refractivity (Wildman–Crippen MR) is 67.1 cm³/mol. The number of nitro groups is 1. The monoisotopic (exact) mass is 281 g/mol. The molecule has 0 aliphatic heterocycles. The molecule has 0 aliphatic rings. The number of carbonyl (C=O) groups is 1. The van der Waals surface area contributed by atoms with E-state index in [9.17, 15) is 14.9 Å². The van der Waals surface area contributed by atoms with E-state index in [1.165, 1.54) is 10.9 Å². The van der Waals surface area contributed by atoms with E-state index < -0.39 is 16.5 Å². The summed E-state index contributed by atoms with van der Waals surface area (Å²) in [6, 6.07) is 2.71. The van der Waals surface area contributed by atoms with E-state index in [0.717, 1.165) is 12.3 Å². The molecule has 1 N–H and O–H groups in total. The summed E-state index contributed by atoms with van der Waals surface area (Å²) in [6.45, 7) is 0. The first-order valence-electron chi connectivity index (χ1n) is 5.08. The van der Waals surface area contributed by atoms with E-state index in [1.807, 2.05) is 0 Å². The molecule has 8 nitrogen and oxygen atoms in total. The molecule has 0 unspecified atom stereocenters. The standard InChI is InChI=1S/C10H8ClN5O3/c1-15-9(2-3-13-15)14-10(17)6-4-8(11)12-5-7(6)16(18)19/h2-5H,1H3,(H,14,17). The summed E-state index contributed by atoms with van der Waals surface area (Å²) in [4.78, 5) is 25.7. The summed E-state index contributed by atoms with van der Waals surface area (Å²) in [7, 11) is 1.63. The minimum absolute atomic E-state index is 0.000700. The summed E-state index contributed by atoms with van der Waals surface area (Å²) in [5.74, 6) is -0.244. The van der Waals surface area contributed by atoms with Crippen molar-refractivity contribution in [2.45, 2.75) is 0 Å². The van der Waals surface area contributed by atoms with E-state index in [1.54, 1.807) is 13.1 Å². The second-order valence-corrected chi connectivity index (χ2v) is 3.96. The quantitative estimate of drug-likeness (QED) is 0.523. The molecule has 2 heterocycles. The molecule has 0 bridgehead atoms. The SMILES string of the molecule is Cn1nccc1NC(=O)c1cc(Cl)ncc1[N+](=O)[O-]. The van der Waals surface area contributed by atoms with Crippen LogP contribution in [0.4, 0.5) is 11.5 Å². The molecule has 0 radical (unpaired) electrons. The smallest absolute Gasteiger partial charge is 0.300 e. The average Bonchev–Trinajstić information content (AvgIpc) is 2.74. The Morgan fingerprint density at radius 3 is 2.89 bits per heavy atom. The van der Waals surface area contributed by atoms with Crippen LogP contribution in [0, 0.1) is 10.1 Å². The van der Waals surface area contributed by atoms with Gasteiger partial charge in [-0.25, -0.2) is 4.98 Å². The third-order valence-electron chi connectivity index (χ3n) is 2.35. The molecule has 0 aromatic carbocycles. The topological polar surface area (TPSA) is 103 Å². The third kappa shape index (κ3) is 2.68. The van der Waals surface area contributed by atoms with Gasteiger partial charge in [0.25, 0.3) is 11.6 Å². The molecule has 2 rings (SSSR count). The molecule has 1 amide bonds. The number of rotatable bonds is 3. The number of aromatic nitrogens is 3. The largest absolute Gasteiger partial charge is 0.307 e. The summed E-state index contributed by atoms with van der Waals surface area (Å²) in [6.07, 6.45) is 2.43. The van der Waals surface area contributed by atoms with Gasteiger partial charge in [-0.3, -0.25) is 19.6 Å². The van der Waals surface area contributed by atoms with Crippen molar-refractivity contribution in [2.75, 3.05) is 5.32 Å². The molecule has 0 aliphatic carbocycles. The normalized spacial score (nSPS) is 10.2. The summed E-state index contributed by atoms with van der Waals surface area (Å²) in [5.41, 5.74) is -0.574. The molecule has 2 aromatic heterocycles. The zero-order valence-electron chi connectivity index (χ0n) is 9.70. The van der Waals surface area contributed by atoms with E-state index in [-0.39, 0.29) is 10.7 Å². The minimum atomic E-state index is -0.693. The van der Waals surface area contributed by atoms with E-state index in [0.29, 0.717) is 5.82 Å². The Labute approximate surface area is 112 Å². The second kappa shape index (κ2) is 5.02. The van der Waals surface area contributed by atoms with Gasteiger partial charge in [-0.2, -0.15) is 5.10 Å². The fraction of sp³-hybridized carbons (Fsp3) is 0.100. The summed E-state index contributed by atoms with van der Waals surface area (Å²) >= 11 is 5.65. The van der Waals surface area contributed by atoms with Gasteiger partial charge >= 0.3 is 0 Å². The Hall–Kier alpha value is -2.48. The van der Waals surface area contributed by atoms with Crippen molar-refractivity contribution >= 4 is 29.0 Å². The highest BCUT2D eigenvalue weighted by atomic mass is 35.5. The van der Waals surface area contributed by atoms with Gasteiger partial charge in [0.05, 0.1) is 11.1 Å². The molecule has 19 heavy (non-hydrogen) atoms. The lowest BCUT2D eigenvalue weighted by Crippen LogP contribution is -2.16. The highest BCUT2D eigenvalue weighted by Gasteiger charge is 2.22. The molecule has 9 heteroatoms. The maximum absolute atomic E-state index is 12.0. The van der Waals surface area contributed by atoms with Crippen molar-refractivity contribution in [3.63, 3.8) is 0 Å². The highest BCUT2D eigenvalue weighted by molar-refractivity contribution is 6.30. The van der Waals surface area contributed by atoms with Crippen molar-refractivity contribution in [3.05, 3.63) is 45.4 Å². The van der Waals surface area contributed by atoms with E-state index >= 15 is 0 Å². The predicted octanol–water partition coefficient (Wildman–Crippen LogP) is 1.63. The van der Waals surface area contributed by atoms with Gasteiger partial charge in [-0.1, -0.05) is 11.6 Å². The molecule has 0 saturated carbocycles. The summed E-state index contributed by atoms with van der Waals surface area (Å²) in [5, 5.41) is 17.2. The van der Waals surface area contributed by atoms with Crippen molar-refractivity contribution in [2.24, 2.45) is 7.05 Å². The Balaban J connectivity index is 2.36. The number of aryl methyl sites for hydroxylation is 1. The number of nitrogens with zero attached hydrogens (tertiary/aromatic N) is 4. The number of pyridine rings is 1. The lowest BCUT2D eigenvalue weighted by atomic mass is 10.2. The van der Waals surface area contributed by atoms with Crippen LogP contribution in [0.1, 0.15) is 10.4 Å². The summed E-state index contributed by atoms with van der Waals surface area (Å²) < 4.78 is 1.42. The fourth-order valence-corrected chi connectivity index (χ4v) is 1.59. The van der Waals surface area contributed by atoms with Gasteiger partial charge in [0.2, 0.25) is 0 Å². The van der Waals surface area contributed by atoms with Crippen molar-refractivity contribution in [1.82, 2.24) is 14.8 Å². The van der Waals surface area contributed by atoms with Crippen LogP contribution >= 0.6 is 11.6 Å². The van der Waals surface area contributed by atoms with Gasteiger partial charge < -0.3 is 5.32 Å². The third-order valence-corrected chi connectivity index (χ3v) is 2.56. The molecular formula is C10H8ClN5O3. The molecule has 0 spiro atoms. The Morgan fingerprint density at radius 1 is 1.58 bits per heavy atom. The molecule has 98 valence electrons. The Bertz CT molecular complexity index is 654. The van der Waals surface area contributed by atoms with Crippen LogP contribution in [0.5, 0.6) is 0 Å². The first-order valence-corrected chi connectivity index (χ1v) is 5.46. The van der Waals surface area contributed by atoms with Crippen molar-refractivity contribution in [1.29, 1.82) is 0 Å². The Morgan fingerprint density at radius 2 is 2.32 bits per heavy atom. The maximum Gasteiger partial charge on any atom is 0.300 e. The van der Waals surface area contributed by atoms with Gasteiger partial charge in [0.15, 0.2) is 0 Å². The lowest BCUT2D eigenvalue weighted by Gasteiger charge is -2.05. The zero-order chi connectivity index (χ0) is 14.0. The van der Waals surface area contributed by atoms with Gasteiger partial charge in [0.1, 0.15) is 22.7 Å². The van der Waals surface area contributed by atoms with Gasteiger partial charge in [-0.05, 0) is 6.07 Å². The first kappa shape index (κ1) is 13.0. The zero-order valence-corrected chi connectivity index (χ0v) is 10.5. The van der Waals surface area contributed by atoms with Crippen LogP contribution in [-0.2, 0) is 7.05 Å². The number of hydrogen-bond acceptors (Lipinski definition) is 5. The molecular weight excluding hydrogens is 274 g/mol. The number of nitrogens with one attached hydrogen (secondary N) is 1. The number of carbonyl (C=O) groups excluding carboxylic acids is 1. The maximum atomic E-state index is 12.0. The number of hydrogen-bond donors (Lipinski definition) is 1. The minimum Gasteiger partial charge on any atom is -0.307 e. The van der Waals surface area contributed by atoms with E-state index in [4.69, 9.17) is 11.6 Å². The molecule has 2 aromatic rings. The number of anilines is 1. The molecule has 0 saturated heterocycles. The van der Waals surface area contributed by atoms with E-state index in [2.05, 4.69) is 15.4 Å². The number of halogens is 1. The van der Waals surface area contributed by atoms with Crippen molar-refractivity contribution in [3.8, 4) is 0 Å².